The molecule has 2 nitrogen and oxygen atoms in total. The Hall–Kier alpha value is -1.22. The molecular weight excluding hydrogens is 254 g/mol. The van der Waals surface area contributed by atoms with E-state index in [4.69, 9.17) is 4.74 Å². The maximum atomic E-state index is 5.77. The molecule has 1 aromatic carbocycles. The second-order valence-corrected chi connectivity index (χ2v) is 5.14. The highest BCUT2D eigenvalue weighted by molar-refractivity contribution is 7.80. The van der Waals surface area contributed by atoms with Gasteiger partial charge in [0.15, 0.2) is 0 Å². The van der Waals surface area contributed by atoms with Crippen molar-refractivity contribution in [1.82, 2.24) is 4.98 Å². The molecule has 0 bridgehead atoms. The second kappa shape index (κ2) is 8.05. The van der Waals surface area contributed by atoms with E-state index in [1.54, 1.807) is 0 Å². The minimum atomic E-state index is 0.791. The number of ether oxygens (including phenoxy) is 1. The van der Waals surface area contributed by atoms with Crippen molar-refractivity contribution < 1.29 is 4.74 Å². The van der Waals surface area contributed by atoms with Gasteiger partial charge in [0, 0.05) is 17.6 Å². The third-order valence-corrected chi connectivity index (χ3v) is 3.46. The van der Waals surface area contributed by atoms with E-state index < -0.39 is 0 Å². The standard InChI is InChI=1S/C16H21NOS/c19-12-5-3-1-2-4-11-18-15-9-8-14-7-6-10-17-16(14)13-15/h6-10,13,19H,1-5,11-12H2. The zero-order valence-corrected chi connectivity index (χ0v) is 12.1. The minimum Gasteiger partial charge on any atom is -0.494 e. The van der Waals surface area contributed by atoms with Crippen molar-refractivity contribution in [3.8, 4) is 5.75 Å². The molecule has 1 heterocycles. The molecule has 19 heavy (non-hydrogen) atoms. The number of fused-ring (bicyclic) bond motifs is 1. The predicted octanol–water partition coefficient (Wildman–Crippen LogP) is 4.49. The summed E-state index contributed by atoms with van der Waals surface area (Å²) < 4.78 is 5.77. The van der Waals surface area contributed by atoms with Crippen LogP contribution in [0.4, 0.5) is 0 Å². The number of benzene rings is 1. The normalized spacial score (nSPS) is 10.8. The van der Waals surface area contributed by atoms with Crippen molar-refractivity contribution in [3.05, 3.63) is 36.5 Å². The van der Waals surface area contributed by atoms with Gasteiger partial charge in [-0.15, -0.1) is 0 Å². The number of pyridine rings is 1. The highest BCUT2D eigenvalue weighted by Gasteiger charge is 1.98. The van der Waals surface area contributed by atoms with Gasteiger partial charge in [-0.3, -0.25) is 4.98 Å². The van der Waals surface area contributed by atoms with Crippen molar-refractivity contribution in [2.45, 2.75) is 32.1 Å². The average Bonchev–Trinajstić information content (AvgIpc) is 2.46. The molecule has 0 atom stereocenters. The summed E-state index contributed by atoms with van der Waals surface area (Å²) in [5.41, 5.74) is 0.994. The van der Waals surface area contributed by atoms with Crippen LogP contribution in [0, 0.1) is 0 Å². The summed E-state index contributed by atoms with van der Waals surface area (Å²) in [5, 5.41) is 1.15. The van der Waals surface area contributed by atoms with E-state index in [9.17, 15) is 0 Å². The molecule has 0 aliphatic rings. The minimum absolute atomic E-state index is 0.791. The lowest BCUT2D eigenvalue weighted by molar-refractivity contribution is 0.305. The molecule has 0 spiro atoms. The van der Waals surface area contributed by atoms with Gasteiger partial charge in [0.1, 0.15) is 5.75 Å². The van der Waals surface area contributed by atoms with Crippen LogP contribution < -0.4 is 4.74 Å². The number of hydrogen-bond donors (Lipinski definition) is 1. The molecule has 0 saturated heterocycles. The number of aromatic nitrogens is 1. The van der Waals surface area contributed by atoms with Gasteiger partial charge in [0.2, 0.25) is 0 Å². The van der Waals surface area contributed by atoms with E-state index in [1.165, 1.54) is 25.7 Å². The van der Waals surface area contributed by atoms with Crippen LogP contribution in [0.15, 0.2) is 36.5 Å². The molecule has 1 aromatic heterocycles. The van der Waals surface area contributed by atoms with Crippen LogP contribution in [0.5, 0.6) is 5.75 Å². The molecule has 0 fully saturated rings. The molecule has 0 N–H and O–H groups in total. The summed E-state index contributed by atoms with van der Waals surface area (Å²) in [6, 6.07) is 10.1. The lowest BCUT2D eigenvalue weighted by Gasteiger charge is -2.07. The van der Waals surface area contributed by atoms with E-state index in [2.05, 4.69) is 29.7 Å². The first-order chi connectivity index (χ1) is 9.40. The number of nitrogens with zero attached hydrogens (tertiary/aromatic N) is 1. The fourth-order valence-electron chi connectivity index (χ4n) is 2.07. The van der Waals surface area contributed by atoms with Crippen LogP contribution >= 0.6 is 12.6 Å². The van der Waals surface area contributed by atoms with Gasteiger partial charge in [-0.1, -0.05) is 25.3 Å². The Morgan fingerprint density at radius 3 is 2.74 bits per heavy atom. The monoisotopic (exact) mass is 275 g/mol. The molecular formula is C16H21NOS. The molecule has 0 aliphatic heterocycles. The van der Waals surface area contributed by atoms with Crippen molar-refractivity contribution in [3.63, 3.8) is 0 Å². The summed E-state index contributed by atoms with van der Waals surface area (Å²) in [4.78, 5) is 4.33. The van der Waals surface area contributed by atoms with Gasteiger partial charge in [0.05, 0.1) is 12.1 Å². The highest BCUT2D eigenvalue weighted by Crippen LogP contribution is 2.19. The topological polar surface area (TPSA) is 22.1 Å². The van der Waals surface area contributed by atoms with Gasteiger partial charge in [-0.05, 0) is 36.8 Å². The van der Waals surface area contributed by atoms with E-state index >= 15 is 0 Å². The van der Waals surface area contributed by atoms with Crippen LogP contribution in [-0.2, 0) is 0 Å². The highest BCUT2D eigenvalue weighted by atomic mass is 32.1. The first-order valence-electron chi connectivity index (χ1n) is 6.98. The number of thiol groups is 1. The van der Waals surface area contributed by atoms with E-state index in [0.717, 1.165) is 35.4 Å². The molecule has 3 heteroatoms. The zero-order valence-electron chi connectivity index (χ0n) is 11.2. The summed E-state index contributed by atoms with van der Waals surface area (Å²) in [6.07, 6.45) is 7.95. The fraction of sp³-hybridized carbons (Fsp3) is 0.438. The predicted molar refractivity (Wildman–Crippen MR) is 84.2 cm³/mol. The molecule has 0 aliphatic carbocycles. The van der Waals surface area contributed by atoms with E-state index in [-0.39, 0.29) is 0 Å². The smallest absolute Gasteiger partial charge is 0.121 e. The Morgan fingerprint density at radius 1 is 1.00 bits per heavy atom. The van der Waals surface area contributed by atoms with Crippen molar-refractivity contribution in [2.24, 2.45) is 0 Å². The Morgan fingerprint density at radius 2 is 1.84 bits per heavy atom. The summed E-state index contributed by atoms with van der Waals surface area (Å²) in [7, 11) is 0. The fourth-order valence-corrected chi connectivity index (χ4v) is 2.29. The average molecular weight is 275 g/mol. The quantitative estimate of drug-likeness (QED) is 0.566. The maximum Gasteiger partial charge on any atom is 0.121 e. The van der Waals surface area contributed by atoms with Gasteiger partial charge in [-0.25, -0.2) is 0 Å². The molecule has 0 saturated carbocycles. The Balaban J connectivity index is 1.72. The van der Waals surface area contributed by atoms with E-state index in [1.807, 2.05) is 24.4 Å². The first-order valence-corrected chi connectivity index (χ1v) is 7.62. The van der Waals surface area contributed by atoms with E-state index in [0.29, 0.717) is 0 Å². The number of unbranched alkanes of at least 4 members (excludes halogenated alkanes) is 4. The van der Waals surface area contributed by atoms with Crippen LogP contribution in [-0.4, -0.2) is 17.3 Å². The Bertz CT molecular complexity index is 501. The number of rotatable bonds is 8. The largest absolute Gasteiger partial charge is 0.494 e. The van der Waals surface area contributed by atoms with Crippen molar-refractivity contribution in [2.75, 3.05) is 12.4 Å². The van der Waals surface area contributed by atoms with Crippen LogP contribution in [0.1, 0.15) is 32.1 Å². The molecule has 2 rings (SSSR count). The van der Waals surface area contributed by atoms with Gasteiger partial charge >= 0.3 is 0 Å². The Kier molecular flexibility index (Phi) is 6.02. The van der Waals surface area contributed by atoms with Gasteiger partial charge in [0.25, 0.3) is 0 Å². The Labute approximate surface area is 120 Å². The molecule has 102 valence electrons. The molecule has 2 aromatic rings. The molecule has 0 amide bonds. The number of hydrogen-bond acceptors (Lipinski definition) is 3. The van der Waals surface area contributed by atoms with Crippen molar-refractivity contribution >= 4 is 23.5 Å². The SMILES string of the molecule is SCCCCCCCOc1ccc2cccnc2c1. The van der Waals surface area contributed by atoms with Crippen molar-refractivity contribution in [1.29, 1.82) is 0 Å². The molecule has 0 unspecified atom stereocenters. The van der Waals surface area contributed by atoms with Crippen LogP contribution in [0.3, 0.4) is 0 Å². The van der Waals surface area contributed by atoms with Gasteiger partial charge < -0.3 is 4.74 Å². The maximum absolute atomic E-state index is 5.77. The van der Waals surface area contributed by atoms with Crippen LogP contribution in [0.25, 0.3) is 10.9 Å². The van der Waals surface area contributed by atoms with Crippen LogP contribution in [0.2, 0.25) is 0 Å². The first kappa shape index (κ1) is 14.2. The summed E-state index contributed by atoms with van der Waals surface area (Å²) in [5.74, 6) is 1.92. The van der Waals surface area contributed by atoms with Gasteiger partial charge in [-0.2, -0.15) is 12.6 Å². The lowest BCUT2D eigenvalue weighted by Crippen LogP contribution is -1.97. The molecule has 0 radical (unpaired) electrons. The zero-order chi connectivity index (χ0) is 13.3. The third-order valence-electron chi connectivity index (χ3n) is 3.15. The summed E-state index contributed by atoms with van der Waals surface area (Å²) >= 11 is 4.21. The second-order valence-electron chi connectivity index (χ2n) is 4.70. The lowest BCUT2D eigenvalue weighted by atomic mass is 10.2. The summed E-state index contributed by atoms with van der Waals surface area (Å²) in [6.45, 7) is 0.791. The third kappa shape index (κ3) is 4.75.